The van der Waals surface area contributed by atoms with Gasteiger partial charge in [-0.25, -0.2) is 14.4 Å². The van der Waals surface area contributed by atoms with Crippen LogP contribution in [0.5, 0.6) is 5.75 Å². The Balaban J connectivity index is 1.50. The molecular formula is C28H33NO7. The summed E-state index contributed by atoms with van der Waals surface area (Å²) in [5.74, 6) is -1.61. The van der Waals surface area contributed by atoms with Gasteiger partial charge in [-0.3, -0.25) is 4.90 Å². The van der Waals surface area contributed by atoms with Crippen LogP contribution in [0.3, 0.4) is 0 Å². The zero-order valence-corrected chi connectivity index (χ0v) is 20.8. The lowest BCUT2D eigenvalue weighted by atomic mass is 9.72. The van der Waals surface area contributed by atoms with Crippen molar-refractivity contribution >= 4 is 18.0 Å². The first-order valence-electron chi connectivity index (χ1n) is 12.3. The Kier molecular flexibility index (Phi) is 7.24. The maximum Gasteiger partial charge on any atom is 0.411 e. The summed E-state index contributed by atoms with van der Waals surface area (Å²) in [4.78, 5) is 38.0. The van der Waals surface area contributed by atoms with Crippen LogP contribution in [-0.2, 0) is 9.53 Å². The first-order chi connectivity index (χ1) is 17.0. The second-order valence-electron chi connectivity index (χ2n) is 10.7. The summed E-state index contributed by atoms with van der Waals surface area (Å²) in [7, 11) is 0. The first kappa shape index (κ1) is 25.5. The molecule has 1 amide bonds. The summed E-state index contributed by atoms with van der Waals surface area (Å²) in [6, 6.07) is 13.8. The standard InChI is InChI=1S/C28H33NO7/c1-28(2,3)36-27(34)29-16-19-9-11-21(13-20(19)14-23(29)26(32)33)35-24-15-18(10-12-22(24)25(30)31)17-7-5-4-6-8-17/h4-8,10,12,15,19-21,23H,9,11,13-14,16H2,1-3H3,(H,30,31)(H,32,33)/t19-,20-,21-,23-/m0/s1. The summed E-state index contributed by atoms with van der Waals surface area (Å²) in [5.41, 5.74) is 1.21. The normalized spacial score (nSPS) is 23.9. The molecule has 36 heavy (non-hydrogen) atoms. The molecule has 8 nitrogen and oxygen atoms in total. The molecule has 1 heterocycles. The van der Waals surface area contributed by atoms with Crippen molar-refractivity contribution in [1.82, 2.24) is 4.90 Å². The lowest BCUT2D eigenvalue weighted by Gasteiger charge is -2.46. The molecule has 2 aromatic carbocycles. The molecule has 192 valence electrons. The lowest BCUT2D eigenvalue weighted by Crippen LogP contribution is -2.56. The maximum absolute atomic E-state index is 12.7. The molecule has 1 aliphatic heterocycles. The molecule has 2 aromatic rings. The van der Waals surface area contributed by atoms with E-state index in [1.54, 1.807) is 39.0 Å². The Bertz CT molecular complexity index is 1120. The van der Waals surface area contributed by atoms with Crippen molar-refractivity contribution in [2.75, 3.05) is 6.54 Å². The van der Waals surface area contributed by atoms with E-state index < -0.39 is 29.7 Å². The summed E-state index contributed by atoms with van der Waals surface area (Å²) >= 11 is 0. The number of benzene rings is 2. The molecule has 0 bridgehead atoms. The van der Waals surface area contributed by atoms with E-state index in [9.17, 15) is 24.6 Å². The Morgan fingerprint density at radius 3 is 2.28 bits per heavy atom. The highest BCUT2D eigenvalue weighted by atomic mass is 16.6. The molecule has 0 spiro atoms. The number of fused-ring (bicyclic) bond motifs is 1. The van der Waals surface area contributed by atoms with Gasteiger partial charge in [0.15, 0.2) is 0 Å². The van der Waals surface area contributed by atoms with Gasteiger partial charge in [-0.15, -0.1) is 0 Å². The Morgan fingerprint density at radius 2 is 1.64 bits per heavy atom. The molecule has 1 aliphatic carbocycles. The number of aromatic carboxylic acids is 1. The Hall–Kier alpha value is -3.55. The monoisotopic (exact) mass is 495 g/mol. The number of carbonyl (C=O) groups is 3. The van der Waals surface area contributed by atoms with Gasteiger partial charge in [0.05, 0.1) is 6.10 Å². The number of amides is 1. The number of hydrogen-bond donors (Lipinski definition) is 2. The molecular weight excluding hydrogens is 462 g/mol. The van der Waals surface area contributed by atoms with Gasteiger partial charge in [0.25, 0.3) is 0 Å². The van der Waals surface area contributed by atoms with E-state index in [-0.39, 0.29) is 23.5 Å². The second-order valence-corrected chi connectivity index (χ2v) is 10.7. The fourth-order valence-electron chi connectivity index (χ4n) is 5.26. The van der Waals surface area contributed by atoms with E-state index in [4.69, 9.17) is 9.47 Å². The molecule has 1 saturated heterocycles. The van der Waals surface area contributed by atoms with Crippen LogP contribution in [0.4, 0.5) is 4.79 Å². The topological polar surface area (TPSA) is 113 Å². The molecule has 4 atom stereocenters. The minimum atomic E-state index is -1.06. The molecule has 8 heteroatoms. The van der Waals surface area contributed by atoms with Crippen LogP contribution in [-0.4, -0.2) is 57.4 Å². The lowest BCUT2D eigenvalue weighted by molar-refractivity contribution is -0.147. The van der Waals surface area contributed by atoms with E-state index in [0.29, 0.717) is 31.6 Å². The highest BCUT2D eigenvalue weighted by Crippen LogP contribution is 2.41. The third-order valence-corrected chi connectivity index (χ3v) is 6.95. The molecule has 2 aliphatic rings. The van der Waals surface area contributed by atoms with Crippen LogP contribution < -0.4 is 4.74 Å². The number of ether oxygens (including phenoxy) is 2. The van der Waals surface area contributed by atoms with E-state index in [2.05, 4.69) is 0 Å². The second kappa shape index (κ2) is 10.2. The van der Waals surface area contributed by atoms with Gasteiger partial charge in [-0.05, 0) is 81.5 Å². The Labute approximate surface area is 210 Å². The van der Waals surface area contributed by atoms with Gasteiger partial charge in [-0.1, -0.05) is 36.4 Å². The number of carboxylic acid groups (broad SMARTS) is 2. The third kappa shape index (κ3) is 5.80. The highest BCUT2D eigenvalue weighted by molar-refractivity contribution is 5.92. The van der Waals surface area contributed by atoms with Gasteiger partial charge in [0.1, 0.15) is 23.0 Å². The van der Waals surface area contributed by atoms with Crippen LogP contribution in [0.25, 0.3) is 11.1 Å². The van der Waals surface area contributed by atoms with Gasteiger partial charge in [0, 0.05) is 6.54 Å². The quantitative estimate of drug-likeness (QED) is 0.578. The van der Waals surface area contributed by atoms with Crippen LogP contribution in [0, 0.1) is 11.8 Å². The Morgan fingerprint density at radius 1 is 0.917 bits per heavy atom. The smallest absolute Gasteiger partial charge is 0.411 e. The van der Waals surface area contributed by atoms with Crippen molar-refractivity contribution in [3.05, 3.63) is 54.1 Å². The summed E-state index contributed by atoms with van der Waals surface area (Å²) < 4.78 is 11.7. The number of carboxylic acids is 2. The number of hydrogen-bond acceptors (Lipinski definition) is 5. The van der Waals surface area contributed by atoms with Gasteiger partial charge < -0.3 is 19.7 Å². The van der Waals surface area contributed by atoms with Crippen LogP contribution in [0.15, 0.2) is 48.5 Å². The summed E-state index contributed by atoms with van der Waals surface area (Å²) in [6.45, 7) is 5.60. The number of aliphatic carboxylic acids is 1. The fraction of sp³-hybridized carbons (Fsp3) is 0.464. The third-order valence-electron chi connectivity index (χ3n) is 6.95. The van der Waals surface area contributed by atoms with E-state index in [1.807, 2.05) is 30.3 Å². The molecule has 0 unspecified atom stereocenters. The van der Waals surface area contributed by atoms with Crippen molar-refractivity contribution in [2.24, 2.45) is 11.8 Å². The molecule has 0 aromatic heterocycles. The molecule has 4 rings (SSSR count). The van der Waals surface area contributed by atoms with E-state index in [0.717, 1.165) is 17.5 Å². The first-order valence-corrected chi connectivity index (χ1v) is 12.3. The van der Waals surface area contributed by atoms with Gasteiger partial charge in [-0.2, -0.15) is 0 Å². The van der Waals surface area contributed by atoms with Crippen LogP contribution in [0.2, 0.25) is 0 Å². The number of piperidine rings is 1. The number of carbonyl (C=O) groups excluding carboxylic acids is 1. The van der Waals surface area contributed by atoms with Gasteiger partial charge >= 0.3 is 18.0 Å². The van der Waals surface area contributed by atoms with E-state index >= 15 is 0 Å². The number of rotatable bonds is 5. The van der Waals surface area contributed by atoms with Gasteiger partial charge in [0.2, 0.25) is 0 Å². The number of likely N-dealkylation sites (tertiary alicyclic amines) is 1. The highest BCUT2D eigenvalue weighted by Gasteiger charge is 2.45. The van der Waals surface area contributed by atoms with Crippen molar-refractivity contribution in [2.45, 2.75) is 64.2 Å². The summed E-state index contributed by atoms with van der Waals surface area (Å²) in [6.07, 6.45) is 1.52. The van der Waals surface area contributed by atoms with E-state index in [1.165, 1.54) is 4.90 Å². The zero-order chi connectivity index (χ0) is 26.0. The zero-order valence-electron chi connectivity index (χ0n) is 20.8. The van der Waals surface area contributed by atoms with Crippen molar-refractivity contribution in [3.8, 4) is 16.9 Å². The molecule has 0 radical (unpaired) electrons. The van der Waals surface area contributed by atoms with Crippen molar-refractivity contribution in [1.29, 1.82) is 0 Å². The maximum atomic E-state index is 12.7. The minimum Gasteiger partial charge on any atom is -0.489 e. The fourth-order valence-corrected chi connectivity index (χ4v) is 5.26. The predicted octanol–water partition coefficient (Wildman–Crippen LogP) is 5.31. The summed E-state index contributed by atoms with van der Waals surface area (Å²) in [5, 5.41) is 19.5. The largest absolute Gasteiger partial charge is 0.489 e. The van der Waals surface area contributed by atoms with Crippen LogP contribution >= 0.6 is 0 Å². The van der Waals surface area contributed by atoms with Crippen LogP contribution in [0.1, 0.15) is 56.8 Å². The average Bonchev–Trinajstić information content (AvgIpc) is 2.82. The predicted molar refractivity (Wildman–Crippen MR) is 133 cm³/mol. The average molecular weight is 496 g/mol. The van der Waals surface area contributed by atoms with Crippen molar-refractivity contribution < 1.29 is 34.1 Å². The number of nitrogens with zero attached hydrogens (tertiary/aromatic N) is 1. The molecule has 2 N–H and O–H groups in total. The molecule has 2 fully saturated rings. The minimum absolute atomic E-state index is 0.0501. The SMILES string of the molecule is CC(C)(C)OC(=O)N1C[C@@H]2CC[C@H](Oc3cc(-c4ccccc4)ccc3C(=O)O)C[C@H]2C[C@H]1C(=O)O. The van der Waals surface area contributed by atoms with Crippen molar-refractivity contribution in [3.63, 3.8) is 0 Å². The molecule has 1 saturated carbocycles.